The maximum atomic E-state index is 12.8. The van der Waals surface area contributed by atoms with Gasteiger partial charge in [-0.2, -0.15) is 0 Å². The van der Waals surface area contributed by atoms with Crippen LogP contribution < -0.4 is 0 Å². The summed E-state index contributed by atoms with van der Waals surface area (Å²) in [5, 5.41) is 10.8. The molecule has 2 atom stereocenters. The number of aliphatic hydroxyl groups is 1. The zero-order valence-corrected chi connectivity index (χ0v) is 15.0. The van der Waals surface area contributed by atoms with Crippen LogP contribution in [0.5, 0.6) is 0 Å². The van der Waals surface area contributed by atoms with E-state index in [1.807, 2.05) is 26.0 Å². The van der Waals surface area contributed by atoms with Crippen molar-refractivity contribution >= 4 is 11.8 Å². The van der Waals surface area contributed by atoms with Crippen LogP contribution in [-0.4, -0.2) is 29.1 Å². The molecule has 4 heteroatoms. The Morgan fingerprint density at radius 3 is 2.44 bits per heavy atom. The maximum absolute atomic E-state index is 12.8. The first kappa shape index (κ1) is 16.8. The van der Waals surface area contributed by atoms with Gasteiger partial charge in [0, 0.05) is 5.56 Å². The Labute approximate surface area is 148 Å². The minimum atomic E-state index is -0.694. The molecule has 4 bridgehead atoms. The average Bonchev–Trinajstić information content (AvgIpc) is 2.49. The molecule has 1 aromatic carbocycles. The predicted molar refractivity (Wildman–Crippen MR) is 93.3 cm³/mol. The number of hydrogen-bond acceptors (Lipinski definition) is 4. The summed E-state index contributed by atoms with van der Waals surface area (Å²) in [6, 6.07) is 5.66. The molecular formula is C21H26O4. The predicted octanol–water partition coefficient (Wildman–Crippen LogP) is 3.36. The van der Waals surface area contributed by atoms with Crippen LogP contribution >= 0.6 is 0 Å². The molecule has 4 aliphatic carbocycles. The number of aryl methyl sites for hydroxylation is 2. The van der Waals surface area contributed by atoms with E-state index in [0.29, 0.717) is 23.8 Å². The molecule has 4 saturated carbocycles. The highest BCUT2D eigenvalue weighted by molar-refractivity contribution is 5.99. The second kappa shape index (κ2) is 5.66. The standard InChI is InChI=1S/C21H26O4/c1-13-3-4-17(14(2)5-13)18(22)11-25-19(23)20-7-15-6-16(8-20)10-21(24,9-15)12-20/h3-5,15-16,24H,6-12H2,1-2H3/t15-,16-,20?,21?/m1/s1. The van der Waals surface area contributed by atoms with Crippen molar-refractivity contribution in [3.63, 3.8) is 0 Å². The molecule has 4 nitrogen and oxygen atoms in total. The van der Waals surface area contributed by atoms with Gasteiger partial charge in [0.25, 0.3) is 0 Å². The van der Waals surface area contributed by atoms with Gasteiger partial charge in [-0.05, 0) is 69.8 Å². The number of esters is 1. The number of benzene rings is 1. The molecule has 134 valence electrons. The fraction of sp³-hybridized carbons (Fsp3) is 0.619. The topological polar surface area (TPSA) is 63.6 Å². The number of Topliss-reactive ketones (excluding diaryl/α,β-unsaturated/α-hetero) is 1. The summed E-state index contributed by atoms with van der Waals surface area (Å²) in [6.45, 7) is 3.67. The van der Waals surface area contributed by atoms with E-state index >= 15 is 0 Å². The molecule has 0 aromatic heterocycles. The van der Waals surface area contributed by atoms with Crippen molar-refractivity contribution in [2.75, 3.05) is 6.61 Å². The number of rotatable bonds is 4. The fourth-order valence-corrected chi connectivity index (χ4v) is 5.94. The molecular weight excluding hydrogens is 316 g/mol. The molecule has 0 unspecified atom stereocenters. The van der Waals surface area contributed by atoms with Gasteiger partial charge in [0.2, 0.25) is 5.78 Å². The van der Waals surface area contributed by atoms with Crippen molar-refractivity contribution < 1.29 is 19.4 Å². The molecule has 0 amide bonds. The summed E-state index contributed by atoms with van der Waals surface area (Å²) in [5.41, 5.74) is 1.36. The first-order valence-corrected chi connectivity index (χ1v) is 9.29. The highest BCUT2D eigenvalue weighted by atomic mass is 16.5. The summed E-state index contributed by atoms with van der Waals surface area (Å²) in [6.07, 6.45) is 4.88. The lowest BCUT2D eigenvalue weighted by molar-refractivity contribution is -0.195. The Morgan fingerprint density at radius 1 is 1.16 bits per heavy atom. The van der Waals surface area contributed by atoms with Gasteiger partial charge >= 0.3 is 5.97 Å². The number of ether oxygens (including phenoxy) is 1. The summed E-state index contributed by atoms with van der Waals surface area (Å²) < 4.78 is 5.47. The van der Waals surface area contributed by atoms with Gasteiger partial charge in [-0.25, -0.2) is 0 Å². The third-order valence-corrected chi connectivity index (χ3v) is 6.48. The van der Waals surface area contributed by atoms with Crippen molar-refractivity contribution in [3.8, 4) is 0 Å². The van der Waals surface area contributed by atoms with Crippen LogP contribution in [0.3, 0.4) is 0 Å². The lowest BCUT2D eigenvalue weighted by Gasteiger charge is -2.58. The number of carbonyl (C=O) groups is 2. The van der Waals surface area contributed by atoms with E-state index < -0.39 is 11.0 Å². The third kappa shape index (κ3) is 2.91. The lowest BCUT2D eigenvalue weighted by Crippen LogP contribution is -2.58. The minimum Gasteiger partial charge on any atom is -0.457 e. The zero-order chi connectivity index (χ0) is 17.8. The van der Waals surface area contributed by atoms with Crippen molar-refractivity contribution in [2.45, 2.75) is 58.0 Å². The molecule has 4 fully saturated rings. The van der Waals surface area contributed by atoms with Crippen molar-refractivity contribution in [1.29, 1.82) is 0 Å². The second-order valence-electron chi connectivity index (χ2n) is 8.78. The summed E-state index contributed by atoms with van der Waals surface area (Å²) >= 11 is 0. The first-order valence-electron chi connectivity index (χ1n) is 9.29. The van der Waals surface area contributed by atoms with E-state index in [1.54, 1.807) is 6.07 Å². The van der Waals surface area contributed by atoms with Gasteiger partial charge in [0.1, 0.15) is 0 Å². The Morgan fingerprint density at radius 2 is 1.84 bits per heavy atom. The quantitative estimate of drug-likeness (QED) is 0.673. The number of hydrogen-bond donors (Lipinski definition) is 1. The normalized spacial score (nSPS) is 35.6. The Balaban J connectivity index is 1.45. The van der Waals surface area contributed by atoms with Gasteiger partial charge in [-0.1, -0.05) is 23.8 Å². The maximum Gasteiger partial charge on any atom is 0.312 e. The van der Waals surface area contributed by atoms with Crippen molar-refractivity contribution in [1.82, 2.24) is 0 Å². The molecule has 0 spiro atoms. The van der Waals surface area contributed by atoms with Crippen LogP contribution in [0.4, 0.5) is 0 Å². The minimum absolute atomic E-state index is 0.158. The average molecular weight is 342 g/mol. The van der Waals surface area contributed by atoms with E-state index in [1.165, 1.54) is 0 Å². The van der Waals surface area contributed by atoms with Crippen molar-refractivity contribution in [3.05, 3.63) is 34.9 Å². The van der Waals surface area contributed by atoms with Crippen LogP contribution in [0, 0.1) is 31.1 Å². The number of ketones is 1. The second-order valence-corrected chi connectivity index (χ2v) is 8.78. The third-order valence-electron chi connectivity index (χ3n) is 6.48. The monoisotopic (exact) mass is 342 g/mol. The van der Waals surface area contributed by atoms with E-state index in [-0.39, 0.29) is 18.4 Å². The van der Waals surface area contributed by atoms with Crippen LogP contribution in [0.1, 0.15) is 60.0 Å². The molecule has 5 rings (SSSR count). The number of carbonyl (C=O) groups excluding carboxylic acids is 2. The highest BCUT2D eigenvalue weighted by Crippen LogP contribution is 2.61. The molecule has 0 heterocycles. The molecule has 0 radical (unpaired) electrons. The summed E-state index contributed by atoms with van der Waals surface area (Å²) in [5.74, 6) is 0.412. The highest BCUT2D eigenvalue weighted by Gasteiger charge is 2.60. The van der Waals surface area contributed by atoms with Gasteiger partial charge in [-0.15, -0.1) is 0 Å². The van der Waals surface area contributed by atoms with Gasteiger partial charge < -0.3 is 9.84 Å². The molecule has 1 N–H and O–H groups in total. The summed E-state index contributed by atoms with van der Waals surface area (Å²) in [4.78, 5) is 25.3. The smallest absolute Gasteiger partial charge is 0.312 e. The Bertz CT molecular complexity index is 721. The van der Waals surface area contributed by atoms with Crippen LogP contribution in [0.2, 0.25) is 0 Å². The largest absolute Gasteiger partial charge is 0.457 e. The van der Waals surface area contributed by atoms with E-state index in [2.05, 4.69) is 0 Å². The van der Waals surface area contributed by atoms with Crippen LogP contribution in [0.15, 0.2) is 18.2 Å². The van der Waals surface area contributed by atoms with E-state index in [0.717, 1.165) is 43.2 Å². The van der Waals surface area contributed by atoms with Gasteiger partial charge in [0.15, 0.2) is 6.61 Å². The van der Waals surface area contributed by atoms with Crippen LogP contribution in [0.25, 0.3) is 0 Å². The van der Waals surface area contributed by atoms with Crippen molar-refractivity contribution in [2.24, 2.45) is 17.3 Å². The summed E-state index contributed by atoms with van der Waals surface area (Å²) in [7, 11) is 0. The van der Waals surface area contributed by atoms with Gasteiger partial charge in [0.05, 0.1) is 11.0 Å². The molecule has 4 aliphatic rings. The van der Waals surface area contributed by atoms with Crippen LogP contribution in [-0.2, 0) is 9.53 Å². The molecule has 0 aliphatic heterocycles. The zero-order valence-electron chi connectivity index (χ0n) is 15.0. The lowest BCUT2D eigenvalue weighted by atomic mass is 9.48. The molecule has 25 heavy (non-hydrogen) atoms. The van der Waals surface area contributed by atoms with Gasteiger partial charge in [-0.3, -0.25) is 9.59 Å². The Kier molecular flexibility index (Phi) is 3.80. The Hall–Kier alpha value is -1.68. The first-order chi connectivity index (χ1) is 11.8. The van der Waals surface area contributed by atoms with E-state index in [9.17, 15) is 14.7 Å². The SMILES string of the molecule is Cc1ccc(C(=O)COC(=O)C23C[C@H]4C[C@@H](CC(O)(C4)C2)C3)c(C)c1. The fourth-order valence-electron chi connectivity index (χ4n) is 5.94. The van der Waals surface area contributed by atoms with E-state index in [4.69, 9.17) is 4.74 Å². The molecule has 0 saturated heterocycles. The molecule has 1 aromatic rings.